The molecule has 0 spiro atoms. The average Bonchev–Trinajstić information content (AvgIpc) is 3.23. The van der Waals surface area contributed by atoms with Crippen molar-refractivity contribution in [3.05, 3.63) is 48.7 Å². The fourth-order valence-electron chi connectivity index (χ4n) is 2.37. The Morgan fingerprint density at radius 3 is 2.62 bits per heavy atom. The summed E-state index contributed by atoms with van der Waals surface area (Å²) >= 11 is 0. The van der Waals surface area contributed by atoms with Crippen LogP contribution in [0.1, 0.15) is 0 Å². The topological polar surface area (TPSA) is 138 Å². The van der Waals surface area contributed by atoms with Crippen LogP contribution in [0.25, 0.3) is 23.1 Å². The number of nitrogens with one attached hydrogen (secondary N) is 1. The van der Waals surface area contributed by atoms with Crippen molar-refractivity contribution < 1.29 is 13.7 Å². The molecule has 0 fully saturated rings. The average molecular weight is 394 g/mol. The Bertz CT molecular complexity index is 1090. The van der Waals surface area contributed by atoms with Crippen molar-refractivity contribution in [2.45, 2.75) is 0 Å². The van der Waals surface area contributed by atoms with Gasteiger partial charge >= 0.3 is 0 Å². The molecule has 10 nitrogen and oxygen atoms in total. The van der Waals surface area contributed by atoms with E-state index >= 15 is 0 Å². The molecule has 1 aromatic carbocycles. The lowest BCUT2D eigenvalue weighted by molar-refractivity contribution is 0.264. The normalized spacial score (nSPS) is 10.7. The Labute approximate surface area is 164 Å². The SMILES string of the molecule is Nc1nc(Nc2ccccc2)nc(-c2noc(-c3ccc(OCCF)nc3)n2)n1. The van der Waals surface area contributed by atoms with Crippen LogP contribution in [-0.2, 0) is 0 Å². The molecule has 0 bridgehead atoms. The van der Waals surface area contributed by atoms with Crippen LogP contribution in [0, 0.1) is 0 Å². The lowest BCUT2D eigenvalue weighted by atomic mass is 10.3. The fourth-order valence-corrected chi connectivity index (χ4v) is 2.37. The number of hydrogen-bond donors (Lipinski definition) is 2. The first-order chi connectivity index (χ1) is 14.2. The van der Waals surface area contributed by atoms with E-state index in [-0.39, 0.29) is 36.0 Å². The number of para-hydroxylation sites is 1. The molecule has 0 atom stereocenters. The molecule has 0 aliphatic heterocycles. The minimum atomic E-state index is -0.591. The van der Waals surface area contributed by atoms with Crippen LogP contribution >= 0.6 is 0 Å². The van der Waals surface area contributed by atoms with E-state index in [1.165, 1.54) is 6.20 Å². The van der Waals surface area contributed by atoms with Crippen LogP contribution in [0.5, 0.6) is 5.88 Å². The second kappa shape index (κ2) is 8.25. The number of pyridine rings is 1. The Balaban J connectivity index is 1.56. The Hall–Kier alpha value is -4.15. The Kier molecular flexibility index (Phi) is 5.18. The van der Waals surface area contributed by atoms with Crippen LogP contribution in [0.15, 0.2) is 53.2 Å². The molecule has 29 heavy (non-hydrogen) atoms. The van der Waals surface area contributed by atoms with Gasteiger partial charge in [0.2, 0.25) is 29.4 Å². The van der Waals surface area contributed by atoms with Gasteiger partial charge in [0.25, 0.3) is 5.89 Å². The minimum Gasteiger partial charge on any atom is -0.475 e. The molecular weight excluding hydrogens is 379 g/mol. The van der Waals surface area contributed by atoms with Gasteiger partial charge in [0.1, 0.15) is 13.3 Å². The van der Waals surface area contributed by atoms with Gasteiger partial charge in [-0.25, -0.2) is 9.37 Å². The molecule has 4 rings (SSSR count). The molecule has 11 heteroatoms. The van der Waals surface area contributed by atoms with E-state index in [9.17, 15) is 4.39 Å². The number of anilines is 3. The second-order valence-corrected chi connectivity index (χ2v) is 5.68. The molecule has 0 aliphatic carbocycles. The molecule has 0 amide bonds. The summed E-state index contributed by atoms with van der Waals surface area (Å²) in [6.07, 6.45) is 1.48. The molecular formula is C18H15FN8O2. The molecule has 3 aromatic heterocycles. The molecule has 146 valence electrons. The maximum Gasteiger partial charge on any atom is 0.259 e. The fraction of sp³-hybridized carbons (Fsp3) is 0.111. The third-order valence-electron chi connectivity index (χ3n) is 3.62. The summed E-state index contributed by atoms with van der Waals surface area (Å²) < 4.78 is 22.5. The first-order valence-electron chi connectivity index (χ1n) is 8.54. The zero-order valence-corrected chi connectivity index (χ0v) is 15.0. The molecule has 3 N–H and O–H groups in total. The molecule has 0 saturated carbocycles. The van der Waals surface area contributed by atoms with Gasteiger partial charge in [-0.05, 0) is 18.2 Å². The van der Waals surface area contributed by atoms with Gasteiger partial charge < -0.3 is 20.3 Å². The second-order valence-electron chi connectivity index (χ2n) is 5.68. The summed E-state index contributed by atoms with van der Waals surface area (Å²) in [6, 6.07) is 12.6. The van der Waals surface area contributed by atoms with Crippen molar-refractivity contribution in [1.82, 2.24) is 30.1 Å². The summed E-state index contributed by atoms with van der Waals surface area (Å²) in [5.41, 5.74) is 7.13. The van der Waals surface area contributed by atoms with Gasteiger partial charge in [-0.15, -0.1) is 0 Å². The third kappa shape index (κ3) is 4.40. The molecule has 4 aromatic rings. The van der Waals surface area contributed by atoms with Gasteiger partial charge in [0.15, 0.2) is 0 Å². The Morgan fingerprint density at radius 2 is 1.86 bits per heavy atom. The monoisotopic (exact) mass is 394 g/mol. The van der Waals surface area contributed by atoms with Crippen molar-refractivity contribution >= 4 is 17.6 Å². The highest BCUT2D eigenvalue weighted by atomic mass is 19.1. The maximum atomic E-state index is 12.2. The highest BCUT2D eigenvalue weighted by Gasteiger charge is 2.16. The quantitative estimate of drug-likeness (QED) is 0.481. The van der Waals surface area contributed by atoms with Crippen LogP contribution in [0.2, 0.25) is 0 Å². The van der Waals surface area contributed by atoms with Crippen LogP contribution in [0.3, 0.4) is 0 Å². The standard InChI is InChI=1S/C18H15FN8O2/c19-8-9-28-13-7-6-11(10-21-13)16-23-15(27-29-16)14-24-17(20)26-18(25-14)22-12-4-2-1-3-5-12/h1-7,10H,8-9H2,(H3,20,22,24,25,26). The summed E-state index contributed by atoms with van der Waals surface area (Å²) in [6.45, 7) is -0.649. The summed E-state index contributed by atoms with van der Waals surface area (Å²) in [4.78, 5) is 20.7. The largest absolute Gasteiger partial charge is 0.475 e. The maximum absolute atomic E-state index is 12.2. The minimum absolute atomic E-state index is 0.0100. The van der Waals surface area contributed by atoms with Crippen LogP contribution < -0.4 is 15.8 Å². The number of rotatable bonds is 7. The highest BCUT2D eigenvalue weighted by molar-refractivity contribution is 5.58. The molecule has 0 aliphatic rings. The number of nitrogens with two attached hydrogens (primary N) is 1. The highest BCUT2D eigenvalue weighted by Crippen LogP contribution is 2.22. The zero-order valence-electron chi connectivity index (χ0n) is 15.0. The van der Waals surface area contributed by atoms with Crippen molar-refractivity contribution in [2.75, 3.05) is 24.3 Å². The summed E-state index contributed by atoms with van der Waals surface area (Å²) in [5, 5.41) is 6.93. The van der Waals surface area contributed by atoms with E-state index in [0.717, 1.165) is 5.69 Å². The lowest BCUT2D eigenvalue weighted by Crippen LogP contribution is -2.05. The van der Waals surface area contributed by atoms with Gasteiger partial charge in [-0.2, -0.15) is 19.9 Å². The molecule has 0 radical (unpaired) electrons. The number of nitrogens with zero attached hydrogens (tertiary/aromatic N) is 6. The number of nitrogen functional groups attached to an aromatic ring is 1. The molecule has 3 heterocycles. The van der Waals surface area contributed by atoms with Crippen LogP contribution in [0.4, 0.5) is 22.0 Å². The van der Waals surface area contributed by atoms with Crippen molar-refractivity contribution in [2.24, 2.45) is 0 Å². The number of alkyl halides is 1. The summed E-state index contributed by atoms with van der Waals surface area (Å²) in [7, 11) is 0. The van der Waals surface area contributed by atoms with Crippen molar-refractivity contribution in [1.29, 1.82) is 0 Å². The number of ether oxygens (including phenoxy) is 1. The van der Waals surface area contributed by atoms with E-state index in [4.69, 9.17) is 15.0 Å². The van der Waals surface area contributed by atoms with Gasteiger partial charge in [0, 0.05) is 18.0 Å². The third-order valence-corrected chi connectivity index (χ3v) is 3.62. The van der Waals surface area contributed by atoms with Gasteiger partial charge in [-0.3, -0.25) is 0 Å². The number of halogens is 1. The number of hydrogen-bond acceptors (Lipinski definition) is 10. The van der Waals surface area contributed by atoms with Gasteiger partial charge in [0.05, 0.1) is 5.56 Å². The van der Waals surface area contributed by atoms with Crippen molar-refractivity contribution in [3.8, 4) is 29.0 Å². The summed E-state index contributed by atoms with van der Waals surface area (Å²) in [5.74, 6) is 1.07. The first kappa shape index (κ1) is 18.2. The molecule has 0 unspecified atom stereocenters. The van der Waals surface area contributed by atoms with Crippen LogP contribution in [-0.4, -0.2) is 43.4 Å². The van der Waals surface area contributed by atoms with Crippen molar-refractivity contribution in [3.63, 3.8) is 0 Å². The smallest absolute Gasteiger partial charge is 0.259 e. The lowest BCUT2D eigenvalue weighted by Gasteiger charge is -2.05. The number of aromatic nitrogens is 6. The zero-order chi connectivity index (χ0) is 20.1. The predicted octanol–water partition coefficient (Wildman–Crippen LogP) is 2.66. The molecule has 0 saturated heterocycles. The van der Waals surface area contributed by atoms with E-state index in [2.05, 4.69) is 35.4 Å². The van der Waals surface area contributed by atoms with E-state index in [1.54, 1.807) is 12.1 Å². The van der Waals surface area contributed by atoms with E-state index in [1.807, 2.05) is 30.3 Å². The first-order valence-corrected chi connectivity index (χ1v) is 8.54. The van der Waals surface area contributed by atoms with Gasteiger partial charge in [-0.1, -0.05) is 23.4 Å². The predicted molar refractivity (Wildman–Crippen MR) is 102 cm³/mol. The number of benzene rings is 1. The van der Waals surface area contributed by atoms with E-state index < -0.39 is 6.67 Å². The van der Waals surface area contributed by atoms with E-state index in [0.29, 0.717) is 11.4 Å². The Morgan fingerprint density at radius 1 is 1.00 bits per heavy atom.